The van der Waals surface area contributed by atoms with Crippen molar-refractivity contribution >= 4 is 37.5 Å². The average Bonchev–Trinajstić information content (AvgIpc) is 2.03. The SMILES string of the molecule is Cc1ccc(OSN(C)Cl)cn1.S. The number of aromatic nitrogens is 1. The summed E-state index contributed by atoms with van der Waals surface area (Å²) in [5, 5.41) is 0. The quantitative estimate of drug-likeness (QED) is 0.459. The Balaban J connectivity index is 0.00000144. The van der Waals surface area contributed by atoms with Gasteiger partial charge in [0.15, 0.2) is 18.0 Å². The summed E-state index contributed by atoms with van der Waals surface area (Å²) >= 11 is 6.56. The number of rotatable bonds is 3. The van der Waals surface area contributed by atoms with Gasteiger partial charge in [-0.15, -0.1) is 3.82 Å². The van der Waals surface area contributed by atoms with Gasteiger partial charge in [-0.25, -0.2) is 0 Å². The normalized spacial score (nSPS) is 9.54. The van der Waals surface area contributed by atoms with Crippen LogP contribution in [0.25, 0.3) is 0 Å². The highest BCUT2D eigenvalue weighted by Gasteiger charge is 1.97. The minimum Gasteiger partial charge on any atom is -0.407 e. The van der Waals surface area contributed by atoms with Crippen molar-refractivity contribution in [2.45, 2.75) is 6.92 Å². The fourth-order valence-corrected chi connectivity index (χ4v) is 0.970. The molecule has 0 spiro atoms. The highest BCUT2D eigenvalue weighted by molar-refractivity contribution is 7.93. The molecule has 0 bridgehead atoms. The van der Waals surface area contributed by atoms with E-state index in [1.165, 1.54) is 3.82 Å². The third kappa shape index (κ3) is 5.25. The Kier molecular flexibility index (Phi) is 6.32. The smallest absolute Gasteiger partial charge is 0.162 e. The van der Waals surface area contributed by atoms with Crippen molar-refractivity contribution in [3.05, 3.63) is 24.0 Å². The first-order valence-electron chi connectivity index (χ1n) is 3.35. The zero-order valence-electron chi connectivity index (χ0n) is 7.32. The fraction of sp³-hybridized carbons (Fsp3) is 0.286. The predicted octanol–water partition coefficient (Wildman–Crippen LogP) is 2.53. The molecule has 6 heteroatoms. The topological polar surface area (TPSA) is 25.4 Å². The van der Waals surface area contributed by atoms with E-state index in [4.69, 9.17) is 16.0 Å². The molecule has 13 heavy (non-hydrogen) atoms. The molecule has 0 N–H and O–H groups in total. The molecule has 0 aliphatic heterocycles. The van der Waals surface area contributed by atoms with Crippen molar-refractivity contribution in [2.75, 3.05) is 7.05 Å². The van der Waals surface area contributed by atoms with Crippen LogP contribution in [0.15, 0.2) is 18.3 Å². The summed E-state index contributed by atoms with van der Waals surface area (Å²) in [6, 6.07) is 3.72. The Morgan fingerprint density at radius 3 is 2.69 bits per heavy atom. The van der Waals surface area contributed by atoms with Gasteiger partial charge in [0.2, 0.25) is 0 Å². The minimum absolute atomic E-state index is 0. The van der Waals surface area contributed by atoms with Crippen molar-refractivity contribution in [2.24, 2.45) is 0 Å². The van der Waals surface area contributed by atoms with Crippen molar-refractivity contribution in [1.29, 1.82) is 0 Å². The predicted molar refractivity (Wildman–Crippen MR) is 61.2 cm³/mol. The minimum atomic E-state index is 0. The third-order valence-electron chi connectivity index (χ3n) is 1.12. The standard InChI is InChI=1S/C7H9ClN2OS.H2S/c1-6-3-4-7(5-9-6)11-12-10(2)8;/h3-5H,1-2H3;1H2. The maximum absolute atomic E-state index is 5.51. The molecule has 0 aromatic carbocycles. The van der Waals surface area contributed by atoms with Crippen LogP contribution in [0.1, 0.15) is 5.69 Å². The van der Waals surface area contributed by atoms with Gasteiger partial charge < -0.3 is 4.18 Å². The lowest BCUT2D eigenvalue weighted by atomic mass is 10.4. The highest BCUT2D eigenvalue weighted by Crippen LogP contribution is 2.17. The zero-order chi connectivity index (χ0) is 8.97. The molecule has 0 radical (unpaired) electrons. The Morgan fingerprint density at radius 1 is 1.54 bits per heavy atom. The van der Waals surface area contributed by atoms with E-state index in [0.717, 1.165) is 17.9 Å². The molecular weight excluding hydrogens is 228 g/mol. The summed E-state index contributed by atoms with van der Waals surface area (Å²) in [5.74, 6) is 0.693. The Bertz CT molecular complexity index is 243. The van der Waals surface area contributed by atoms with Gasteiger partial charge in [0, 0.05) is 12.7 Å². The first-order valence-corrected chi connectivity index (χ1v) is 4.39. The van der Waals surface area contributed by atoms with Gasteiger partial charge in [0.1, 0.15) is 0 Å². The van der Waals surface area contributed by atoms with Crippen molar-refractivity contribution < 1.29 is 4.18 Å². The number of halogens is 1. The molecule has 3 nitrogen and oxygen atoms in total. The number of hydrogen-bond acceptors (Lipinski definition) is 4. The van der Waals surface area contributed by atoms with Gasteiger partial charge >= 0.3 is 0 Å². The zero-order valence-corrected chi connectivity index (χ0v) is 9.89. The monoisotopic (exact) mass is 238 g/mol. The molecule has 1 aromatic rings. The lowest BCUT2D eigenvalue weighted by Gasteiger charge is -2.05. The van der Waals surface area contributed by atoms with E-state index in [1.807, 2.05) is 19.1 Å². The van der Waals surface area contributed by atoms with Crippen molar-refractivity contribution in [1.82, 2.24) is 8.81 Å². The summed E-state index contributed by atoms with van der Waals surface area (Å²) in [5.41, 5.74) is 0.964. The second-order valence-corrected chi connectivity index (χ2v) is 3.78. The first kappa shape index (κ1) is 12.9. The Labute approximate surface area is 94.3 Å². The maximum atomic E-state index is 5.51. The summed E-state index contributed by atoms with van der Waals surface area (Å²) in [6.45, 7) is 1.92. The number of hydrogen-bond donors (Lipinski definition) is 0. The molecule has 0 fully saturated rings. The van der Waals surface area contributed by atoms with Gasteiger partial charge in [0.05, 0.1) is 6.20 Å². The van der Waals surface area contributed by atoms with Crippen LogP contribution < -0.4 is 4.18 Å². The van der Waals surface area contributed by atoms with Gasteiger partial charge in [-0.1, -0.05) is 0 Å². The average molecular weight is 239 g/mol. The van der Waals surface area contributed by atoms with Crippen LogP contribution in [-0.2, 0) is 0 Å². The lowest BCUT2D eigenvalue weighted by Crippen LogP contribution is -1.95. The van der Waals surface area contributed by atoms with E-state index in [9.17, 15) is 0 Å². The van der Waals surface area contributed by atoms with E-state index < -0.39 is 0 Å². The second-order valence-electron chi connectivity index (χ2n) is 2.21. The molecule has 0 atom stereocenters. The molecule has 0 saturated carbocycles. The van der Waals surface area contributed by atoms with Gasteiger partial charge in [0.25, 0.3) is 0 Å². The Morgan fingerprint density at radius 2 is 2.23 bits per heavy atom. The van der Waals surface area contributed by atoms with Crippen LogP contribution in [0.4, 0.5) is 0 Å². The van der Waals surface area contributed by atoms with E-state index >= 15 is 0 Å². The molecule has 1 rings (SSSR count). The number of aryl methyl sites for hydroxylation is 1. The molecule has 0 aliphatic carbocycles. The first-order chi connectivity index (χ1) is 5.68. The summed E-state index contributed by atoms with van der Waals surface area (Å²) in [7, 11) is 1.69. The largest absolute Gasteiger partial charge is 0.407 e. The maximum Gasteiger partial charge on any atom is 0.162 e. The molecule has 1 aromatic heterocycles. The Hall–Kier alpha value is -0.100. The van der Waals surface area contributed by atoms with Crippen LogP contribution in [0.2, 0.25) is 0 Å². The van der Waals surface area contributed by atoms with Crippen molar-refractivity contribution in [3.63, 3.8) is 0 Å². The van der Waals surface area contributed by atoms with Crippen LogP contribution in [0, 0.1) is 6.92 Å². The van der Waals surface area contributed by atoms with Gasteiger partial charge in [-0.3, -0.25) is 4.98 Å². The molecule has 1 heterocycles. The van der Waals surface area contributed by atoms with E-state index in [2.05, 4.69) is 4.98 Å². The van der Waals surface area contributed by atoms with Crippen LogP contribution >= 0.6 is 37.5 Å². The summed E-state index contributed by atoms with van der Waals surface area (Å²) < 4.78 is 6.52. The van der Waals surface area contributed by atoms with Gasteiger partial charge in [-0.2, -0.15) is 13.5 Å². The number of nitrogens with zero attached hydrogens (tertiary/aromatic N) is 2. The highest BCUT2D eigenvalue weighted by atomic mass is 35.5. The summed E-state index contributed by atoms with van der Waals surface area (Å²) in [6.07, 6.45) is 1.66. The third-order valence-corrected chi connectivity index (χ3v) is 1.76. The molecule has 0 aliphatic rings. The summed E-state index contributed by atoms with van der Waals surface area (Å²) in [4.78, 5) is 4.06. The molecule has 0 amide bonds. The number of pyridine rings is 1. The van der Waals surface area contributed by atoms with Crippen molar-refractivity contribution in [3.8, 4) is 5.75 Å². The molecular formula is C7H11ClN2OS2. The van der Waals surface area contributed by atoms with E-state index in [1.54, 1.807) is 13.2 Å². The van der Waals surface area contributed by atoms with Crippen LogP contribution in [0.3, 0.4) is 0 Å². The van der Waals surface area contributed by atoms with Gasteiger partial charge in [-0.05, 0) is 30.8 Å². The van der Waals surface area contributed by atoms with Crippen LogP contribution in [-0.4, -0.2) is 15.9 Å². The van der Waals surface area contributed by atoms with E-state index in [-0.39, 0.29) is 13.5 Å². The molecule has 0 saturated heterocycles. The second kappa shape index (κ2) is 6.37. The molecule has 0 unspecified atom stereocenters. The lowest BCUT2D eigenvalue weighted by molar-refractivity contribution is 0.614. The van der Waals surface area contributed by atoms with Crippen LogP contribution in [0.5, 0.6) is 5.75 Å². The van der Waals surface area contributed by atoms with E-state index in [0.29, 0.717) is 5.75 Å². The fourth-order valence-electron chi connectivity index (χ4n) is 0.598. The molecule has 74 valence electrons.